The molecule has 8 heteroatoms. The maximum Gasteiger partial charge on any atom is 0.255 e. The topological polar surface area (TPSA) is 95.2 Å². The summed E-state index contributed by atoms with van der Waals surface area (Å²) in [5, 5.41) is 2.94. The Morgan fingerprint density at radius 1 is 0.943 bits per heavy atom. The van der Waals surface area contributed by atoms with Gasteiger partial charge in [-0.05, 0) is 66.8 Å². The number of para-hydroxylation sites is 3. The molecule has 0 radical (unpaired) electrons. The molecule has 2 atom stereocenters. The van der Waals surface area contributed by atoms with Gasteiger partial charge in [0.05, 0.1) is 21.6 Å². The number of aromatic nitrogens is 2. The quantitative estimate of drug-likeness (QED) is 0.406. The van der Waals surface area contributed by atoms with Crippen LogP contribution in [0.2, 0.25) is 0 Å². The van der Waals surface area contributed by atoms with Crippen molar-refractivity contribution in [3.05, 3.63) is 78.4 Å². The maximum atomic E-state index is 13.1. The van der Waals surface area contributed by atoms with E-state index in [-0.39, 0.29) is 10.8 Å². The summed E-state index contributed by atoms with van der Waals surface area (Å²) in [5.41, 5.74) is 3.52. The Kier molecular flexibility index (Phi) is 6.17. The van der Waals surface area contributed by atoms with Gasteiger partial charge in [-0.15, -0.1) is 0 Å². The van der Waals surface area contributed by atoms with Gasteiger partial charge in [0.1, 0.15) is 5.82 Å². The fourth-order valence-electron chi connectivity index (χ4n) is 4.80. The lowest BCUT2D eigenvalue weighted by atomic mass is 9.94. The van der Waals surface area contributed by atoms with E-state index in [0.717, 1.165) is 23.0 Å². The van der Waals surface area contributed by atoms with Crippen LogP contribution in [0.4, 0.5) is 5.69 Å². The van der Waals surface area contributed by atoms with Gasteiger partial charge in [-0.25, -0.2) is 13.4 Å². The number of piperidine rings is 1. The zero-order valence-corrected chi connectivity index (χ0v) is 20.5. The van der Waals surface area contributed by atoms with Gasteiger partial charge in [-0.3, -0.25) is 4.79 Å². The summed E-state index contributed by atoms with van der Waals surface area (Å²) in [4.78, 5) is 21.2. The molecule has 5 rings (SSSR count). The van der Waals surface area contributed by atoms with Gasteiger partial charge in [-0.2, -0.15) is 4.31 Å². The number of aromatic amines is 1. The lowest BCUT2D eigenvalue weighted by molar-refractivity contribution is 0.102. The normalized spacial score (nSPS) is 19.0. The summed E-state index contributed by atoms with van der Waals surface area (Å²) in [7, 11) is -3.60. The molecule has 0 aliphatic carbocycles. The van der Waals surface area contributed by atoms with Crippen LogP contribution in [-0.2, 0) is 10.0 Å². The predicted molar refractivity (Wildman–Crippen MR) is 138 cm³/mol. The summed E-state index contributed by atoms with van der Waals surface area (Å²) >= 11 is 0. The van der Waals surface area contributed by atoms with Gasteiger partial charge in [0.2, 0.25) is 10.0 Å². The van der Waals surface area contributed by atoms with E-state index >= 15 is 0 Å². The average molecular weight is 489 g/mol. The number of carbonyl (C=O) groups is 1. The fraction of sp³-hybridized carbons (Fsp3) is 0.259. The number of benzene rings is 3. The van der Waals surface area contributed by atoms with Crippen molar-refractivity contribution in [3.8, 4) is 11.4 Å². The Morgan fingerprint density at radius 3 is 2.31 bits per heavy atom. The van der Waals surface area contributed by atoms with E-state index in [1.807, 2.05) is 48.5 Å². The average Bonchev–Trinajstić information content (AvgIpc) is 3.28. The molecule has 0 bridgehead atoms. The molecule has 2 heterocycles. The molecule has 0 unspecified atom stereocenters. The highest BCUT2D eigenvalue weighted by Crippen LogP contribution is 2.29. The molecule has 1 aliphatic heterocycles. The van der Waals surface area contributed by atoms with E-state index in [4.69, 9.17) is 0 Å². The first-order valence-corrected chi connectivity index (χ1v) is 13.2. The second-order valence-electron chi connectivity index (χ2n) is 9.39. The summed E-state index contributed by atoms with van der Waals surface area (Å²) in [6.07, 6.45) is 1.03. The van der Waals surface area contributed by atoms with Gasteiger partial charge in [0.15, 0.2) is 0 Å². The van der Waals surface area contributed by atoms with Gasteiger partial charge in [0.25, 0.3) is 5.91 Å². The second-order valence-corrected chi connectivity index (χ2v) is 11.3. The molecule has 1 amide bonds. The number of nitrogens with zero attached hydrogens (tertiary/aromatic N) is 2. The third kappa shape index (κ3) is 4.72. The minimum atomic E-state index is -3.60. The molecule has 1 aromatic heterocycles. The number of imidazole rings is 1. The molecule has 2 N–H and O–H groups in total. The SMILES string of the molecule is C[C@@H]1C[C@H](C)CN(S(=O)(=O)c2ccc(C(=O)Nc3ccccc3-c3nc4ccccc4[nH]3)cc2)C1. The highest BCUT2D eigenvalue weighted by molar-refractivity contribution is 7.89. The first-order valence-electron chi connectivity index (χ1n) is 11.8. The molecule has 0 saturated carbocycles. The lowest BCUT2D eigenvalue weighted by Crippen LogP contribution is -2.42. The molecule has 1 aliphatic rings. The van der Waals surface area contributed by atoms with E-state index in [2.05, 4.69) is 29.1 Å². The number of rotatable bonds is 5. The van der Waals surface area contributed by atoms with Crippen LogP contribution in [0.15, 0.2) is 77.7 Å². The molecular weight excluding hydrogens is 460 g/mol. The number of fused-ring (bicyclic) bond motifs is 1. The number of nitrogens with one attached hydrogen (secondary N) is 2. The van der Waals surface area contributed by atoms with Crippen molar-refractivity contribution >= 4 is 32.7 Å². The van der Waals surface area contributed by atoms with Crippen LogP contribution in [0.5, 0.6) is 0 Å². The number of hydrogen-bond acceptors (Lipinski definition) is 4. The minimum absolute atomic E-state index is 0.207. The Morgan fingerprint density at radius 2 is 1.60 bits per heavy atom. The van der Waals surface area contributed by atoms with Gasteiger partial charge < -0.3 is 10.3 Å². The number of sulfonamides is 1. The first kappa shape index (κ1) is 23.3. The van der Waals surface area contributed by atoms with Crippen LogP contribution in [-0.4, -0.2) is 41.7 Å². The molecule has 1 saturated heterocycles. The largest absolute Gasteiger partial charge is 0.338 e. The van der Waals surface area contributed by atoms with E-state index in [9.17, 15) is 13.2 Å². The number of hydrogen-bond donors (Lipinski definition) is 2. The molecular formula is C27H28N4O3S. The van der Waals surface area contributed by atoms with E-state index in [0.29, 0.717) is 42.0 Å². The van der Waals surface area contributed by atoms with Crippen molar-refractivity contribution in [1.82, 2.24) is 14.3 Å². The summed E-state index contributed by atoms with van der Waals surface area (Å²) < 4.78 is 27.8. The van der Waals surface area contributed by atoms with Crippen molar-refractivity contribution in [2.75, 3.05) is 18.4 Å². The standard InChI is InChI=1S/C27H28N4O3S/c1-18-15-19(2)17-31(16-18)35(33,34)21-13-11-20(12-14-21)27(32)30-23-8-4-3-7-22(23)26-28-24-9-5-6-10-25(24)29-26/h3-14,18-19H,15-17H2,1-2H3,(H,28,29)(H,30,32)/t18-,19+. The van der Waals surface area contributed by atoms with Crippen molar-refractivity contribution in [2.24, 2.45) is 11.8 Å². The lowest BCUT2D eigenvalue weighted by Gasteiger charge is -2.34. The fourth-order valence-corrected chi connectivity index (χ4v) is 6.48. The highest BCUT2D eigenvalue weighted by Gasteiger charge is 2.31. The van der Waals surface area contributed by atoms with Crippen LogP contribution < -0.4 is 5.32 Å². The van der Waals surface area contributed by atoms with Crippen LogP contribution >= 0.6 is 0 Å². The number of amides is 1. The van der Waals surface area contributed by atoms with Gasteiger partial charge in [-0.1, -0.05) is 38.1 Å². The summed E-state index contributed by atoms with van der Waals surface area (Å²) in [5.74, 6) is 0.988. The molecule has 180 valence electrons. The molecule has 0 spiro atoms. The van der Waals surface area contributed by atoms with E-state index in [1.165, 1.54) is 12.1 Å². The van der Waals surface area contributed by atoms with Gasteiger partial charge in [0, 0.05) is 24.2 Å². The van der Waals surface area contributed by atoms with Crippen molar-refractivity contribution in [1.29, 1.82) is 0 Å². The zero-order chi connectivity index (χ0) is 24.6. The smallest absolute Gasteiger partial charge is 0.255 e. The summed E-state index contributed by atoms with van der Waals surface area (Å²) in [6.45, 7) is 5.20. The molecule has 1 fully saturated rings. The zero-order valence-electron chi connectivity index (χ0n) is 19.7. The first-order chi connectivity index (χ1) is 16.8. The summed E-state index contributed by atoms with van der Waals surface area (Å²) in [6, 6.07) is 21.3. The Hall–Kier alpha value is -3.49. The van der Waals surface area contributed by atoms with Crippen LogP contribution in [0.3, 0.4) is 0 Å². The monoisotopic (exact) mass is 488 g/mol. The number of H-pyrrole nitrogens is 1. The molecule has 35 heavy (non-hydrogen) atoms. The third-order valence-corrected chi connectivity index (χ3v) is 8.26. The second kappa shape index (κ2) is 9.28. The molecule has 4 aromatic rings. The van der Waals surface area contributed by atoms with Crippen LogP contribution in [0, 0.1) is 11.8 Å². The van der Waals surface area contributed by atoms with E-state index < -0.39 is 10.0 Å². The maximum absolute atomic E-state index is 13.1. The van der Waals surface area contributed by atoms with Crippen LogP contribution in [0.25, 0.3) is 22.4 Å². The Bertz CT molecular complexity index is 1430. The van der Waals surface area contributed by atoms with E-state index in [1.54, 1.807) is 16.4 Å². The van der Waals surface area contributed by atoms with Crippen molar-refractivity contribution in [2.45, 2.75) is 25.2 Å². The number of carbonyl (C=O) groups excluding carboxylic acids is 1. The molecule has 7 nitrogen and oxygen atoms in total. The third-order valence-electron chi connectivity index (χ3n) is 6.41. The predicted octanol–water partition coefficient (Wildman–Crippen LogP) is 5.15. The van der Waals surface area contributed by atoms with Crippen molar-refractivity contribution < 1.29 is 13.2 Å². The Balaban J connectivity index is 1.36. The van der Waals surface area contributed by atoms with Crippen molar-refractivity contribution in [3.63, 3.8) is 0 Å². The van der Waals surface area contributed by atoms with Gasteiger partial charge >= 0.3 is 0 Å². The minimum Gasteiger partial charge on any atom is -0.338 e. The molecule has 3 aromatic carbocycles. The van der Waals surface area contributed by atoms with Crippen LogP contribution in [0.1, 0.15) is 30.6 Å². The highest BCUT2D eigenvalue weighted by atomic mass is 32.2. The number of anilines is 1. The Labute approximate surface area is 205 Å².